The number of nitrogens with two attached hydrogens (primary N) is 2. The van der Waals surface area contributed by atoms with Gasteiger partial charge in [0.05, 0.1) is 4.92 Å². The normalized spacial score (nSPS) is 10.4. The Bertz CT molecular complexity index is 630. The summed E-state index contributed by atoms with van der Waals surface area (Å²) in [4.78, 5) is 17.8. The molecule has 0 spiro atoms. The van der Waals surface area contributed by atoms with E-state index in [1.54, 1.807) is 24.3 Å². The van der Waals surface area contributed by atoms with Crippen molar-refractivity contribution in [3.8, 4) is 0 Å². The van der Waals surface area contributed by atoms with E-state index in [1.807, 2.05) is 0 Å². The van der Waals surface area contributed by atoms with Crippen LogP contribution in [0, 0.1) is 10.1 Å². The highest BCUT2D eigenvalue weighted by molar-refractivity contribution is 6.30. The summed E-state index contributed by atoms with van der Waals surface area (Å²) >= 11 is 5.77. The van der Waals surface area contributed by atoms with Crippen LogP contribution in [0.25, 0.3) is 0 Å². The molecule has 0 bridgehead atoms. The minimum absolute atomic E-state index is 0.0907. The predicted octanol–water partition coefficient (Wildman–Crippen LogP) is 1.79. The SMILES string of the molecule is Nc1nc(N)c([N+](=O)[O-])c(Cc2ccc(Cl)cc2)n1. The summed E-state index contributed by atoms with van der Waals surface area (Å²) in [7, 11) is 0. The molecule has 0 saturated carbocycles. The Morgan fingerprint density at radius 3 is 2.42 bits per heavy atom. The monoisotopic (exact) mass is 279 g/mol. The van der Waals surface area contributed by atoms with Crippen molar-refractivity contribution >= 4 is 29.1 Å². The van der Waals surface area contributed by atoms with Crippen molar-refractivity contribution in [2.75, 3.05) is 11.5 Å². The van der Waals surface area contributed by atoms with Gasteiger partial charge < -0.3 is 11.5 Å². The second-order valence-electron chi connectivity index (χ2n) is 3.82. The molecule has 8 heteroatoms. The number of halogens is 1. The summed E-state index contributed by atoms with van der Waals surface area (Å²) in [5, 5.41) is 11.6. The molecule has 0 amide bonds. The third kappa shape index (κ3) is 2.89. The Hall–Kier alpha value is -2.41. The van der Waals surface area contributed by atoms with Gasteiger partial charge >= 0.3 is 5.69 Å². The lowest BCUT2D eigenvalue weighted by atomic mass is 10.1. The molecule has 1 aromatic carbocycles. The molecular formula is C11H10ClN5O2. The van der Waals surface area contributed by atoms with Crippen LogP contribution in [0.1, 0.15) is 11.3 Å². The van der Waals surface area contributed by atoms with Gasteiger partial charge in [0.15, 0.2) is 0 Å². The fraction of sp³-hybridized carbons (Fsp3) is 0.0909. The lowest BCUT2D eigenvalue weighted by Gasteiger charge is -2.05. The standard InChI is InChI=1S/C11H10ClN5O2/c12-7-3-1-6(2-4-7)5-8-9(17(18)19)10(13)16-11(14)15-8/h1-4H,5H2,(H4,13,14,15,16). The number of hydrogen-bond acceptors (Lipinski definition) is 6. The molecule has 0 aliphatic carbocycles. The van der Waals surface area contributed by atoms with Crippen LogP contribution in [0.3, 0.4) is 0 Å². The van der Waals surface area contributed by atoms with Crippen molar-refractivity contribution < 1.29 is 4.92 Å². The van der Waals surface area contributed by atoms with Crippen molar-refractivity contribution in [1.29, 1.82) is 0 Å². The average molecular weight is 280 g/mol. The molecule has 2 rings (SSSR count). The average Bonchev–Trinajstić information content (AvgIpc) is 2.30. The maximum absolute atomic E-state index is 11.0. The highest BCUT2D eigenvalue weighted by Gasteiger charge is 2.22. The lowest BCUT2D eigenvalue weighted by Crippen LogP contribution is -2.09. The van der Waals surface area contributed by atoms with Crippen LogP contribution in [0.2, 0.25) is 5.02 Å². The minimum Gasteiger partial charge on any atom is -0.378 e. The lowest BCUT2D eigenvalue weighted by molar-refractivity contribution is -0.385. The number of hydrogen-bond donors (Lipinski definition) is 2. The Balaban J connectivity index is 2.44. The third-order valence-electron chi connectivity index (χ3n) is 2.47. The van der Waals surface area contributed by atoms with Crippen LogP contribution in [0.4, 0.5) is 17.5 Å². The zero-order valence-corrected chi connectivity index (χ0v) is 10.5. The van der Waals surface area contributed by atoms with Crippen molar-refractivity contribution in [2.24, 2.45) is 0 Å². The Labute approximate surface area is 113 Å². The van der Waals surface area contributed by atoms with Crippen molar-refractivity contribution in [1.82, 2.24) is 9.97 Å². The van der Waals surface area contributed by atoms with Crippen LogP contribution in [0.15, 0.2) is 24.3 Å². The molecule has 19 heavy (non-hydrogen) atoms. The van der Waals surface area contributed by atoms with Gasteiger partial charge in [0, 0.05) is 11.4 Å². The molecule has 1 heterocycles. The Morgan fingerprint density at radius 1 is 1.21 bits per heavy atom. The van der Waals surface area contributed by atoms with E-state index in [9.17, 15) is 10.1 Å². The van der Waals surface area contributed by atoms with Gasteiger partial charge in [-0.2, -0.15) is 4.98 Å². The molecule has 2 aromatic rings. The second-order valence-corrected chi connectivity index (χ2v) is 4.26. The van der Waals surface area contributed by atoms with E-state index in [0.717, 1.165) is 5.56 Å². The molecule has 0 atom stereocenters. The quantitative estimate of drug-likeness (QED) is 0.652. The van der Waals surface area contributed by atoms with Crippen molar-refractivity contribution in [3.63, 3.8) is 0 Å². The topological polar surface area (TPSA) is 121 Å². The van der Waals surface area contributed by atoms with Crippen molar-refractivity contribution in [2.45, 2.75) is 6.42 Å². The third-order valence-corrected chi connectivity index (χ3v) is 2.72. The number of anilines is 2. The van der Waals surface area contributed by atoms with E-state index in [4.69, 9.17) is 23.1 Å². The highest BCUT2D eigenvalue weighted by atomic mass is 35.5. The Morgan fingerprint density at radius 2 is 1.84 bits per heavy atom. The molecule has 0 aliphatic heterocycles. The minimum atomic E-state index is -0.611. The second kappa shape index (κ2) is 5.07. The zero-order valence-electron chi connectivity index (χ0n) is 9.71. The van der Waals surface area contributed by atoms with Gasteiger partial charge in [0.2, 0.25) is 11.8 Å². The van der Waals surface area contributed by atoms with Crippen LogP contribution in [-0.2, 0) is 6.42 Å². The molecule has 0 unspecified atom stereocenters. The van der Waals surface area contributed by atoms with E-state index in [-0.39, 0.29) is 29.6 Å². The first-order chi connectivity index (χ1) is 8.97. The first-order valence-electron chi connectivity index (χ1n) is 5.28. The molecule has 0 saturated heterocycles. The van der Waals surface area contributed by atoms with Crippen LogP contribution in [0.5, 0.6) is 0 Å². The summed E-state index contributed by atoms with van der Waals surface area (Å²) in [6, 6.07) is 6.88. The molecule has 4 N–H and O–H groups in total. The fourth-order valence-corrected chi connectivity index (χ4v) is 1.78. The summed E-state index contributed by atoms with van der Waals surface area (Å²) in [5.41, 5.74) is 11.6. The molecule has 7 nitrogen and oxygen atoms in total. The zero-order chi connectivity index (χ0) is 14.0. The molecule has 1 aromatic heterocycles. The molecule has 0 fully saturated rings. The van der Waals surface area contributed by atoms with E-state index in [2.05, 4.69) is 9.97 Å². The van der Waals surface area contributed by atoms with Gasteiger partial charge in [-0.3, -0.25) is 10.1 Å². The molecule has 0 radical (unpaired) electrons. The van der Waals surface area contributed by atoms with Gasteiger partial charge in [0.25, 0.3) is 0 Å². The molecule has 0 aliphatic rings. The predicted molar refractivity (Wildman–Crippen MR) is 71.8 cm³/mol. The first-order valence-corrected chi connectivity index (χ1v) is 5.66. The van der Waals surface area contributed by atoms with Crippen LogP contribution < -0.4 is 11.5 Å². The smallest absolute Gasteiger partial charge is 0.332 e. The number of rotatable bonds is 3. The maximum atomic E-state index is 11.0. The van der Waals surface area contributed by atoms with Gasteiger partial charge in [-0.15, -0.1) is 0 Å². The maximum Gasteiger partial charge on any atom is 0.332 e. The van der Waals surface area contributed by atoms with E-state index < -0.39 is 4.92 Å². The Kier molecular flexibility index (Phi) is 3.48. The number of nitro groups is 1. The number of benzene rings is 1. The van der Waals surface area contributed by atoms with Gasteiger partial charge in [-0.25, -0.2) is 4.98 Å². The number of nitrogens with zero attached hydrogens (tertiary/aromatic N) is 3. The van der Waals surface area contributed by atoms with Crippen molar-refractivity contribution in [3.05, 3.63) is 50.7 Å². The van der Waals surface area contributed by atoms with E-state index in [1.165, 1.54) is 0 Å². The van der Waals surface area contributed by atoms with E-state index >= 15 is 0 Å². The van der Waals surface area contributed by atoms with Crippen LogP contribution in [-0.4, -0.2) is 14.9 Å². The molecule has 98 valence electrons. The summed E-state index contributed by atoms with van der Waals surface area (Å²) in [6.45, 7) is 0. The molecular weight excluding hydrogens is 270 g/mol. The highest BCUT2D eigenvalue weighted by Crippen LogP contribution is 2.26. The number of aromatic nitrogens is 2. The summed E-state index contributed by atoms with van der Waals surface area (Å²) < 4.78 is 0. The van der Waals surface area contributed by atoms with Gasteiger partial charge in [0.1, 0.15) is 5.69 Å². The largest absolute Gasteiger partial charge is 0.378 e. The first kappa shape index (κ1) is 13.0. The van der Waals surface area contributed by atoms with Gasteiger partial charge in [-0.1, -0.05) is 23.7 Å². The number of nitrogen functional groups attached to an aromatic ring is 2. The van der Waals surface area contributed by atoms with Crippen LogP contribution >= 0.6 is 11.6 Å². The van der Waals surface area contributed by atoms with E-state index in [0.29, 0.717) is 5.02 Å². The fourth-order valence-electron chi connectivity index (χ4n) is 1.66. The van der Waals surface area contributed by atoms with Gasteiger partial charge in [-0.05, 0) is 17.7 Å². The summed E-state index contributed by atoms with van der Waals surface area (Å²) in [6.07, 6.45) is 0.227. The summed E-state index contributed by atoms with van der Waals surface area (Å²) in [5.74, 6) is -0.325.